The Morgan fingerprint density at radius 3 is 2.75 bits per heavy atom. The number of sulfonamides is 1. The molecule has 2 rings (SSSR count). The van der Waals surface area contributed by atoms with Gasteiger partial charge in [0.25, 0.3) is 0 Å². The number of nitrogens with one attached hydrogen (secondary N) is 1. The predicted molar refractivity (Wildman–Crippen MR) is 73.2 cm³/mol. The molecule has 0 radical (unpaired) electrons. The van der Waals surface area contributed by atoms with Gasteiger partial charge in [-0.25, -0.2) is 17.1 Å². The molecular weight excluding hydrogens is 283 g/mol. The van der Waals surface area contributed by atoms with Crippen LogP contribution in [0.3, 0.4) is 0 Å². The van der Waals surface area contributed by atoms with Gasteiger partial charge in [-0.3, -0.25) is 4.79 Å². The van der Waals surface area contributed by atoms with Gasteiger partial charge in [0, 0.05) is 26.1 Å². The molecule has 0 aliphatic heterocycles. The number of hydrogen-bond acceptors (Lipinski definition) is 3. The van der Waals surface area contributed by atoms with E-state index in [1.807, 2.05) is 0 Å². The molecule has 0 heterocycles. The summed E-state index contributed by atoms with van der Waals surface area (Å²) in [6, 6.07) is 6.12. The molecule has 1 amide bonds. The van der Waals surface area contributed by atoms with Crippen LogP contribution >= 0.6 is 0 Å². The molecule has 0 bridgehead atoms. The highest BCUT2D eigenvalue weighted by Crippen LogP contribution is 2.40. The van der Waals surface area contributed by atoms with E-state index in [0.717, 1.165) is 9.87 Å². The van der Waals surface area contributed by atoms with E-state index in [0.29, 0.717) is 6.42 Å². The fourth-order valence-electron chi connectivity index (χ4n) is 2.00. The second-order valence-electron chi connectivity index (χ2n) is 5.11. The summed E-state index contributed by atoms with van der Waals surface area (Å²) in [6.45, 7) is 0. The quantitative estimate of drug-likeness (QED) is 0.870. The van der Waals surface area contributed by atoms with E-state index in [1.54, 1.807) is 12.1 Å². The van der Waals surface area contributed by atoms with Crippen LogP contribution in [-0.2, 0) is 14.8 Å². The molecule has 110 valence electrons. The van der Waals surface area contributed by atoms with Crippen molar-refractivity contribution in [3.8, 4) is 0 Å². The van der Waals surface area contributed by atoms with Gasteiger partial charge in [0.15, 0.2) is 0 Å². The van der Waals surface area contributed by atoms with E-state index in [2.05, 4.69) is 5.32 Å². The summed E-state index contributed by atoms with van der Waals surface area (Å²) in [5.74, 6) is -1.33. The van der Waals surface area contributed by atoms with Crippen molar-refractivity contribution in [1.29, 1.82) is 0 Å². The zero-order chi connectivity index (χ0) is 14.9. The predicted octanol–water partition coefficient (Wildman–Crippen LogP) is 0.689. The highest BCUT2D eigenvalue weighted by Gasteiger charge is 2.40. The Morgan fingerprint density at radius 2 is 2.15 bits per heavy atom. The molecule has 1 aromatic rings. The van der Waals surface area contributed by atoms with E-state index >= 15 is 0 Å². The number of nitrogens with zero attached hydrogens (tertiary/aromatic N) is 1. The molecule has 0 unspecified atom stereocenters. The Morgan fingerprint density at radius 1 is 1.45 bits per heavy atom. The minimum absolute atomic E-state index is 0.0664. The number of carbonyl (C=O) groups is 1. The highest BCUT2D eigenvalue weighted by atomic mass is 32.2. The highest BCUT2D eigenvalue weighted by molar-refractivity contribution is 7.89. The van der Waals surface area contributed by atoms with Crippen LogP contribution in [0.2, 0.25) is 0 Å². The number of carbonyl (C=O) groups excluding carboxylic acids is 1. The first-order chi connectivity index (χ1) is 9.29. The zero-order valence-corrected chi connectivity index (χ0v) is 12.2. The Balaban J connectivity index is 1.90. The first kappa shape index (κ1) is 14.9. The van der Waals surface area contributed by atoms with Gasteiger partial charge in [-0.1, -0.05) is 12.1 Å². The van der Waals surface area contributed by atoms with Crippen LogP contribution in [0.4, 0.5) is 4.39 Å². The first-order valence-electron chi connectivity index (χ1n) is 6.24. The minimum atomic E-state index is -3.54. The van der Waals surface area contributed by atoms with Crippen LogP contribution in [0.5, 0.6) is 0 Å². The maximum Gasteiger partial charge on any atom is 0.236 e. The molecule has 2 atom stereocenters. The molecule has 7 heteroatoms. The number of amides is 1. The van der Waals surface area contributed by atoms with Crippen LogP contribution in [-0.4, -0.2) is 44.5 Å². The minimum Gasteiger partial charge on any atom is -0.352 e. The summed E-state index contributed by atoms with van der Waals surface area (Å²) in [5.41, 5.74) is 0.825. The number of benzene rings is 1. The van der Waals surface area contributed by atoms with Crippen molar-refractivity contribution < 1.29 is 17.6 Å². The molecule has 1 aromatic carbocycles. The van der Waals surface area contributed by atoms with E-state index in [1.165, 1.54) is 26.2 Å². The lowest BCUT2D eigenvalue weighted by Gasteiger charge is -2.11. The monoisotopic (exact) mass is 300 g/mol. The standard InChI is InChI=1S/C13H17FN2O3S/c1-16(2)20(18,19)8-13(17)15-12-7-11(12)9-4-3-5-10(14)6-9/h3-6,11-12H,7-8H2,1-2H3,(H,15,17)/t11-,12-/m0/s1. The summed E-state index contributed by atoms with van der Waals surface area (Å²) in [7, 11) is -0.774. The lowest BCUT2D eigenvalue weighted by Crippen LogP contribution is -2.37. The molecule has 1 aliphatic rings. The molecule has 0 saturated heterocycles. The lowest BCUT2D eigenvalue weighted by molar-refractivity contribution is -0.118. The van der Waals surface area contributed by atoms with Crippen LogP contribution in [0, 0.1) is 5.82 Å². The number of halogens is 1. The molecule has 0 spiro atoms. The van der Waals surface area contributed by atoms with E-state index in [9.17, 15) is 17.6 Å². The third kappa shape index (κ3) is 3.55. The molecule has 20 heavy (non-hydrogen) atoms. The van der Waals surface area contributed by atoms with Crippen LogP contribution in [0.1, 0.15) is 17.9 Å². The number of hydrogen-bond donors (Lipinski definition) is 1. The summed E-state index contributed by atoms with van der Waals surface area (Å²) in [4.78, 5) is 11.7. The van der Waals surface area contributed by atoms with Gasteiger partial charge in [0.2, 0.25) is 15.9 Å². The van der Waals surface area contributed by atoms with Crippen molar-refractivity contribution in [2.75, 3.05) is 19.8 Å². The lowest BCUT2D eigenvalue weighted by atomic mass is 10.1. The smallest absolute Gasteiger partial charge is 0.236 e. The second kappa shape index (κ2) is 5.49. The Labute approximate surface area is 117 Å². The Kier molecular flexibility index (Phi) is 4.10. The average molecular weight is 300 g/mol. The summed E-state index contributed by atoms with van der Waals surface area (Å²) in [5, 5.41) is 2.67. The van der Waals surface area contributed by atoms with Crippen molar-refractivity contribution in [3.05, 3.63) is 35.6 Å². The Hall–Kier alpha value is -1.47. The SMILES string of the molecule is CN(C)S(=O)(=O)CC(=O)N[C@H]1C[C@H]1c1cccc(F)c1. The summed E-state index contributed by atoms with van der Waals surface area (Å²) in [6.07, 6.45) is 0.706. The topological polar surface area (TPSA) is 66.5 Å². The average Bonchev–Trinajstić information content (AvgIpc) is 3.07. The van der Waals surface area contributed by atoms with Gasteiger partial charge in [0.05, 0.1) is 0 Å². The summed E-state index contributed by atoms with van der Waals surface area (Å²) < 4.78 is 37.2. The largest absolute Gasteiger partial charge is 0.352 e. The summed E-state index contributed by atoms with van der Waals surface area (Å²) >= 11 is 0. The van der Waals surface area contributed by atoms with Crippen LogP contribution < -0.4 is 5.32 Å². The molecule has 0 aromatic heterocycles. The van der Waals surface area contributed by atoms with Crippen molar-refractivity contribution >= 4 is 15.9 Å². The van der Waals surface area contributed by atoms with Gasteiger partial charge < -0.3 is 5.32 Å². The van der Waals surface area contributed by atoms with Gasteiger partial charge in [0.1, 0.15) is 11.6 Å². The van der Waals surface area contributed by atoms with Crippen LogP contribution in [0.15, 0.2) is 24.3 Å². The zero-order valence-electron chi connectivity index (χ0n) is 11.3. The Bertz CT molecular complexity index is 616. The molecule has 5 nitrogen and oxygen atoms in total. The van der Waals surface area contributed by atoms with Gasteiger partial charge in [-0.15, -0.1) is 0 Å². The third-order valence-corrected chi connectivity index (χ3v) is 5.02. The molecule has 1 fully saturated rings. The second-order valence-corrected chi connectivity index (χ2v) is 7.29. The van der Waals surface area contributed by atoms with E-state index < -0.39 is 21.7 Å². The normalized spacial score (nSPS) is 21.8. The maximum atomic E-state index is 13.1. The van der Waals surface area contributed by atoms with Crippen molar-refractivity contribution in [2.24, 2.45) is 0 Å². The maximum absolute atomic E-state index is 13.1. The van der Waals surface area contributed by atoms with Gasteiger partial charge >= 0.3 is 0 Å². The first-order valence-corrected chi connectivity index (χ1v) is 7.85. The van der Waals surface area contributed by atoms with Crippen LogP contribution in [0.25, 0.3) is 0 Å². The van der Waals surface area contributed by atoms with Crippen molar-refractivity contribution in [3.63, 3.8) is 0 Å². The fourth-order valence-corrected chi connectivity index (χ4v) is 2.68. The molecule has 1 aliphatic carbocycles. The fraction of sp³-hybridized carbons (Fsp3) is 0.462. The van der Waals surface area contributed by atoms with Crippen molar-refractivity contribution in [1.82, 2.24) is 9.62 Å². The van der Waals surface area contributed by atoms with E-state index in [4.69, 9.17) is 0 Å². The van der Waals surface area contributed by atoms with Crippen molar-refractivity contribution in [2.45, 2.75) is 18.4 Å². The van der Waals surface area contributed by atoms with Gasteiger partial charge in [-0.2, -0.15) is 0 Å². The molecule has 1 N–H and O–H groups in total. The van der Waals surface area contributed by atoms with E-state index in [-0.39, 0.29) is 17.8 Å². The third-order valence-electron chi connectivity index (χ3n) is 3.28. The number of rotatable bonds is 5. The molecule has 1 saturated carbocycles. The molecular formula is C13H17FN2O3S. The van der Waals surface area contributed by atoms with Gasteiger partial charge in [-0.05, 0) is 24.1 Å².